The van der Waals surface area contributed by atoms with Gasteiger partial charge in [0.2, 0.25) is 5.91 Å². The lowest BCUT2D eigenvalue weighted by Gasteiger charge is -2.40. The van der Waals surface area contributed by atoms with E-state index in [2.05, 4.69) is 22.5 Å². The highest BCUT2D eigenvalue weighted by Gasteiger charge is 2.44. The van der Waals surface area contributed by atoms with E-state index in [0.29, 0.717) is 69.2 Å². The Hall–Kier alpha value is -3.87. The quantitative estimate of drug-likeness (QED) is 0.506. The molecule has 8 nitrogen and oxygen atoms in total. The third-order valence-electron chi connectivity index (χ3n) is 6.96. The van der Waals surface area contributed by atoms with E-state index in [1.165, 1.54) is 11.3 Å². The molecule has 2 saturated heterocycles. The van der Waals surface area contributed by atoms with Gasteiger partial charge in [0.05, 0.1) is 4.88 Å². The van der Waals surface area contributed by atoms with Crippen LogP contribution < -0.4 is 10.6 Å². The van der Waals surface area contributed by atoms with Gasteiger partial charge in [-0.3, -0.25) is 14.4 Å². The van der Waals surface area contributed by atoms with E-state index in [-0.39, 0.29) is 17.6 Å². The van der Waals surface area contributed by atoms with E-state index in [4.69, 9.17) is 4.42 Å². The van der Waals surface area contributed by atoms with Crippen LogP contribution in [0.1, 0.15) is 50.8 Å². The Morgan fingerprint density at radius 3 is 2.42 bits per heavy atom. The number of carbonyl (C=O) groups excluding carboxylic acids is 3. The first-order chi connectivity index (χ1) is 18.5. The van der Waals surface area contributed by atoms with Crippen molar-refractivity contribution in [1.29, 1.82) is 0 Å². The van der Waals surface area contributed by atoms with E-state index >= 15 is 0 Å². The Bertz CT molecular complexity index is 1330. The zero-order chi connectivity index (χ0) is 26.4. The average molecular weight is 531 g/mol. The fourth-order valence-corrected chi connectivity index (χ4v) is 5.58. The van der Waals surface area contributed by atoms with Gasteiger partial charge < -0.3 is 24.9 Å². The number of benzene rings is 1. The van der Waals surface area contributed by atoms with Crippen LogP contribution in [0.5, 0.6) is 0 Å². The maximum Gasteiger partial charge on any atom is 0.287 e. The maximum atomic E-state index is 13.9. The Balaban J connectivity index is 1.27. The first kappa shape index (κ1) is 25.8. The maximum absolute atomic E-state index is 13.9. The molecule has 9 heteroatoms. The summed E-state index contributed by atoms with van der Waals surface area (Å²) in [6, 6.07) is 16.5. The molecule has 3 amide bonds. The van der Waals surface area contributed by atoms with Crippen LogP contribution >= 0.6 is 11.3 Å². The summed E-state index contributed by atoms with van der Waals surface area (Å²) in [5, 5.41) is 8.19. The molecule has 2 fully saturated rings. The van der Waals surface area contributed by atoms with Crippen molar-refractivity contribution < 1.29 is 18.8 Å². The molecule has 5 rings (SSSR count). The number of amides is 3. The number of thiophene rings is 1. The fraction of sp³-hybridized carbons (Fsp3) is 0.345. The van der Waals surface area contributed by atoms with Crippen LogP contribution in [0, 0.1) is 11.8 Å². The topological polar surface area (TPSA) is 94.9 Å². The summed E-state index contributed by atoms with van der Waals surface area (Å²) in [5.41, 5.74) is -0.181. The largest absolute Gasteiger partial charge is 0.443 e. The van der Waals surface area contributed by atoms with Gasteiger partial charge in [0.25, 0.3) is 11.8 Å². The second-order valence-corrected chi connectivity index (χ2v) is 10.4. The van der Waals surface area contributed by atoms with Gasteiger partial charge in [-0.1, -0.05) is 30.2 Å². The summed E-state index contributed by atoms with van der Waals surface area (Å²) >= 11 is 1.43. The summed E-state index contributed by atoms with van der Waals surface area (Å²) in [7, 11) is 0. The fourth-order valence-electron chi connectivity index (χ4n) is 4.89. The number of nitrogens with zero attached hydrogens (tertiary/aromatic N) is 2. The molecular weight excluding hydrogens is 500 g/mol. The molecule has 0 bridgehead atoms. The first-order valence-electron chi connectivity index (χ1n) is 12.9. The van der Waals surface area contributed by atoms with Crippen molar-refractivity contribution in [3.05, 3.63) is 81.9 Å². The van der Waals surface area contributed by atoms with Gasteiger partial charge in [-0.25, -0.2) is 0 Å². The van der Waals surface area contributed by atoms with Crippen LogP contribution in [-0.4, -0.2) is 72.3 Å². The second kappa shape index (κ2) is 11.7. The zero-order valence-electron chi connectivity index (χ0n) is 21.1. The number of nitrogens with one attached hydrogen (secondary N) is 2. The lowest BCUT2D eigenvalue weighted by Crippen LogP contribution is -2.63. The number of carbonyl (C=O) groups is 3. The van der Waals surface area contributed by atoms with Crippen molar-refractivity contribution in [1.82, 2.24) is 20.4 Å². The molecular formula is C29H30N4O4S. The minimum Gasteiger partial charge on any atom is -0.443 e. The molecule has 2 N–H and O–H groups in total. The minimum atomic E-state index is -1.03. The third kappa shape index (κ3) is 5.82. The summed E-state index contributed by atoms with van der Waals surface area (Å²) < 4.78 is 5.71. The highest BCUT2D eigenvalue weighted by Crippen LogP contribution is 2.24. The lowest BCUT2D eigenvalue weighted by atomic mass is 9.86. The highest BCUT2D eigenvalue weighted by atomic mass is 32.1. The monoisotopic (exact) mass is 530 g/mol. The average Bonchev–Trinajstić information content (AvgIpc) is 3.61. The van der Waals surface area contributed by atoms with E-state index in [9.17, 15) is 14.4 Å². The molecule has 2 aliphatic heterocycles. The van der Waals surface area contributed by atoms with E-state index < -0.39 is 11.4 Å². The Morgan fingerprint density at radius 1 is 0.895 bits per heavy atom. The van der Waals surface area contributed by atoms with Crippen molar-refractivity contribution in [3.8, 4) is 11.8 Å². The summed E-state index contributed by atoms with van der Waals surface area (Å²) in [5.74, 6) is 5.93. The second-order valence-electron chi connectivity index (χ2n) is 9.48. The minimum absolute atomic E-state index is 0.00293. The normalized spacial score (nSPS) is 17.2. The number of hydrogen-bond acceptors (Lipinski definition) is 6. The molecule has 0 saturated carbocycles. The number of rotatable bonds is 4. The molecule has 2 aromatic heterocycles. The molecule has 0 radical (unpaired) electrons. The molecule has 0 spiro atoms. The number of hydrogen-bond donors (Lipinski definition) is 2. The molecule has 0 unspecified atom stereocenters. The summed E-state index contributed by atoms with van der Waals surface area (Å²) in [4.78, 5) is 44.3. The van der Waals surface area contributed by atoms with Crippen LogP contribution in [0.3, 0.4) is 0 Å². The zero-order valence-corrected chi connectivity index (χ0v) is 21.9. The third-order valence-corrected chi connectivity index (χ3v) is 7.81. The predicted octanol–water partition coefficient (Wildman–Crippen LogP) is 2.97. The number of furan rings is 1. The molecule has 2 aliphatic rings. The standard InChI is InChI=1S/C29H30N4O4S/c34-26(24-12-11-23(37-24)10-9-22-6-2-1-3-7-22)31-29(13-15-30-16-14-29)28(36)33-18-5-17-32(19-20-33)27(35)25-8-4-21-38-25/h1-4,6-8,11-12,21,30H,5,13-20H2,(H,31,34). The Labute approximate surface area is 226 Å². The van der Waals surface area contributed by atoms with Gasteiger partial charge in [-0.15, -0.1) is 11.3 Å². The summed E-state index contributed by atoms with van der Waals surface area (Å²) in [6.45, 7) is 3.27. The predicted molar refractivity (Wildman–Crippen MR) is 145 cm³/mol. The first-order valence-corrected chi connectivity index (χ1v) is 13.7. The van der Waals surface area contributed by atoms with Gasteiger partial charge in [-0.2, -0.15) is 0 Å². The summed E-state index contributed by atoms with van der Waals surface area (Å²) in [6.07, 6.45) is 1.65. The highest BCUT2D eigenvalue weighted by molar-refractivity contribution is 7.12. The van der Waals surface area contributed by atoms with E-state index in [1.807, 2.05) is 52.7 Å². The van der Waals surface area contributed by atoms with Crippen LogP contribution in [0.4, 0.5) is 0 Å². The molecule has 196 valence electrons. The molecule has 0 atom stereocenters. The van der Waals surface area contributed by atoms with Gasteiger partial charge in [0.1, 0.15) is 5.54 Å². The van der Waals surface area contributed by atoms with Gasteiger partial charge >= 0.3 is 0 Å². The Morgan fingerprint density at radius 2 is 1.66 bits per heavy atom. The smallest absolute Gasteiger partial charge is 0.287 e. The van der Waals surface area contributed by atoms with Gasteiger partial charge in [0.15, 0.2) is 11.5 Å². The van der Waals surface area contributed by atoms with Gasteiger partial charge in [-0.05, 0) is 74.0 Å². The van der Waals surface area contributed by atoms with Crippen molar-refractivity contribution in [2.75, 3.05) is 39.3 Å². The van der Waals surface area contributed by atoms with E-state index in [1.54, 1.807) is 17.0 Å². The van der Waals surface area contributed by atoms with Crippen LogP contribution in [-0.2, 0) is 4.79 Å². The van der Waals surface area contributed by atoms with Crippen LogP contribution in [0.15, 0.2) is 64.4 Å². The van der Waals surface area contributed by atoms with Crippen molar-refractivity contribution in [2.24, 2.45) is 0 Å². The van der Waals surface area contributed by atoms with Gasteiger partial charge in [0, 0.05) is 31.7 Å². The van der Waals surface area contributed by atoms with Crippen molar-refractivity contribution in [3.63, 3.8) is 0 Å². The Kier molecular flexibility index (Phi) is 7.91. The van der Waals surface area contributed by atoms with Crippen molar-refractivity contribution >= 4 is 29.1 Å². The molecule has 4 heterocycles. The molecule has 0 aliphatic carbocycles. The lowest BCUT2D eigenvalue weighted by molar-refractivity contribution is -0.139. The van der Waals surface area contributed by atoms with Crippen LogP contribution in [0.25, 0.3) is 0 Å². The number of piperidine rings is 1. The van der Waals surface area contributed by atoms with Crippen LogP contribution in [0.2, 0.25) is 0 Å². The molecule has 3 aromatic rings. The SMILES string of the molecule is O=C(NC1(C(=O)N2CCCN(C(=O)c3cccs3)CC2)CCNCC1)c1ccc(C#Cc2ccccc2)o1. The molecule has 38 heavy (non-hydrogen) atoms. The molecule has 1 aromatic carbocycles. The van der Waals surface area contributed by atoms with E-state index in [0.717, 1.165) is 5.56 Å². The van der Waals surface area contributed by atoms with Crippen molar-refractivity contribution in [2.45, 2.75) is 24.8 Å².